The van der Waals surface area contributed by atoms with Gasteiger partial charge in [0.2, 0.25) is 5.13 Å². The summed E-state index contributed by atoms with van der Waals surface area (Å²) in [6.07, 6.45) is 5.74. The number of rotatable bonds is 8. The van der Waals surface area contributed by atoms with Gasteiger partial charge in [-0.05, 0) is 49.1 Å². The number of unbranched alkanes of at least 4 members (excludes halogenated alkanes) is 2. The van der Waals surface area contributed by atoms with Crippen molar-refractivity contribution in [3.63, 3.8) is 0 Å². The number of hydrogen-bond acceptors (Lipinski definition) is 3. The van der Waals surface area contributed by atoms with Gasteiger partial charge in [-0.25, -0.2) is 18.0 Å². The third kappa shape index (κ3) is 5.23. The number of thiophene rings is 1. The fourth-order valence-corrected chi connectivity index (χ4v) is 5.03. The summed E-state index contributed by atoms with van der Waals surface area (Å²) in [7, 11) is 0. The lowest BCUT2D eigenvalue weighted by Gasteiger charge is -2.29. The van der Waals surface area contributed by atoms with Crippen molar-refractivity contribution in [1.82, 2.24) is 0 Å². The van der Waals surface area contributed by atoms with Crippen LogP contribution in [-0.2, 0) is 0 Å². The highest BCUT2D eigenvalue weighted by Gasteiger charge is 2.30. The number of halogens is 4. The number of esters is 1. The van der Waals surface area contributed by atoms with Crippen molar-refractivity contribution in [1.29, 1.82) is 0 Å². The van der Waals surface area contributed by atoms with Crippen LogP contribution >= 0.6 is 11.3 Å². The Bertz CT molecular complexity index is 857. The molecule has 0 bridgehead atoms. The highest BCUT2D eigenvalue weighted by molar-refractivity contribution is 7.12. The minimum absolute atomic E-state index is 0.0787. The molecule has 1 heterocycles. The smallest absolute Gasteiger partial charge is 0.344 e. The van der Waals surface area contributed by atoms with E-state index in [0.717, 1.165) is 31.2 Å². The molecule has 3 rings (SSSR count). The zero-order chi connectivity index (χ0) is 21.7. The molecule has 7 heteroatoms. The van der Waals surface area contributed by atoms with Crippen molar-refractivity contribution < 1.29 is 27.1 Å². The van der Waals surface area contributed by atoms with Gasteiger partial charge >= 0.3 is 5.97 Å². The lowest BCUT2D eigenvalue weighted by molar-refractivity contribution is 0.0726. The summed E-state index contributed by atoms with van der Waals surface area (Å²) in [5.41, 5.74) is -0.122. The molecular formula is C23H26F4O2S. The normalized spacial score (nSPS) is 19.3. The van der Waals surface area contributed by atoms with Gasteiger partial charge in [0.1, 0.15) is 5.56 Å². The Hall–Kier alpha value is -1.89. The minimum atomic E-state index is -3.27. The average molecular weight is 443 g/mol. The molecule has 1 aromatic carbocycles. The molecule has 164 valence electrons. The predicted octanol–water partition coefficient (Wildman–Crippen LogP) is 8.04. The number of carbonyl (C=O) groups excluding carboxylic acids is 1. The van der Waals surface area contributed by atoms with E-state index in [2.05, 4.69) is 6.92 Å². The fourth-order valence-electron chi connectivity index (χ4n) is 4.26. The summed E-state index contributed by atoms with van der Waals surface area (Å²) in [5.74, 6) is -1.63. The SMILES string of the molecule is CCCCCC1CCC(c2ccccc2C(=O)Oc2sc(F)c(F)c2C(F)F)CC1. The van der Waals surface area contributed by atoms with Gasteiger partial charge in [-0.15, -0.1) is 0 Å². The second-order valence-electron chi connectivity index (χ2n) is 7.88. The van der Waals surface area contributed by atoms with Gasteiger partial charge < -0.3 is 4.74 Å². The second kappa shape index (κ2) is 10.4. The van der Waals surface area contributed by atoms with Crippen molar-refractivity contribution in [3.05, 3.63) is 51.9 Å². The number of benzene rings is 1. The first-order valence-electron chi connectivity index (χ1n) is 10.5. The molecule has 0 atom stereocenters. The number of ether oxygens (including phenoxy) is 1. The Morgan fingerprint density at radius 3 is 2.50 bits per heavy atom. The Morgan fingerprint density at radius 1 is 1.13 bits per heavy atom. The van der Waals surface area contributed by atoms with Gasteiger partial charge in [-0.2, -0.15) is 4.39 Å². The van der Waals surface area contributed by atoms with E-state index in [9.17, 15) is 22.4 Å². The van der Waals surface area contributed by atoms with Gasteiger partial charge in [-0.1, -0.05) is 62.1 Å². The van der Waals surface area contributed by atoms with E-state index in [0.29, 0.717) is 5.92 Å². The Labute approximate surface area is 178 Å². The van der Waals surface area contributed by atoms with Crippen molar-refractivity contribution >= 4 is 17.3 Å². The summed E-state index contributed by atoms with van der Waals surface area (Å²) in [4.78, 5) is 12.7. The van der Waals surface area contributed by atoms with Crippen molar-refractivity contribution in [2.75, 3.05) is 0 Å². The van der Waals surface area contributed by atoms with E-state index in [1.807, 2.05) is 12.1 Å². The molecule has 2 nitrogen and oxygen atoms in total. The molecule has 1 fully saturated rings. The van der Waals surface area contributed by atoms with E-state index >= 15 is 0 Å². The molecule has 0 spiro atoms. The van der Waals surface area contributed by atoms with Crippen LogP contribution in [0.25, 0.3) is 0 Å². The Morgan fingerprint density at radius 2 is 1.83 bits per heavy atom. The molecule has 30 heavy (non-hydrogen) atoms. The molecule has 0 aliphatic heterocycles. The monoisotopic (exact) mass is 442 g/mol. The topological polar surface area (TPSA) is 26.3 Å². The third-order valence-electron chi connectivity index (χ3n) is 5.90. The molecule has 0 saturated heterocycles. The quantitative estimate of drug-likeness (QED) is 0.235. The standard InChI is InChI=1S/C23H26F4O2S/c1-2-3-4-7-14-10-12-15(13-11-14)16-8-5-6-9-17(16)22(28)29-23-18(20(25)26)19(24)21(27)30-23/h5-6,8-9,14-15,20H,2-4,7,10-13H2,1H3. The van der Waals surface area contributed by atoms with Crippen LogP contribution in [0.3, 0.4) is 0 Å². The van der Waals surface area contributed by atoms with Crippen LogP contribution in [0.1, 0.15) is 92.1 Å². The number of alkyl halides is 2. The first kappa shape index (κ1) is 22.8. The summed E-state index contributed by atoms with van der Waals surface area (Å²) >= 11 is 0.0787. The van der Waals surface area contributed by atoms with Crippen molar-refractivity contribution in [2.45, 2.75) is 70.6 Å². The summed E-state index contributed by atoms with van der Waals surface area (Å²) in [6.45, 7) is 2.19. The Kier molecular flexibility index (Phi) is 7.92. The lowest BCUT2D eigenvalue weighted by Crippen LogP contribution is -2.18. The largest absolute Gasteiger partial charge is 0.411 e. The van der Waals surface area contributed by atoms with Gasteiger partial charge in [0.15, 0.2) is 10.9 Å². The zero-order valence-corrected chi connectivity index (χ0v) is 17.8. The maximum atomic E-state index is 13.6. The fraction of sp³-hybridized carbons (Fsp3) is 0.522. The van der Waals surface area contributed by atoms with Crippen LogP contribution < -0.4 is 4.74 Å². The molecule has 0 radical (unpaired) electrons. The predicted molar refractivity (Wildman–Crippen MR) is 109 cm³/mol. The molecule has 0 amide bonds. The maximum absolute atomic E-state index is 13.6. The molecule has 1 aliphatic carbocycles. The van der Waals surface area contributed by atoms with Crippen molar-refractivity contribution in [2.24, 2.45) is 5.92 Å². The minimum Gasteiger partial charge on any atom is -0.411 e. The lowest BCUT2D eigenvalue weighted by atomic mass is 9.76. The summed E-state index contributed by atoms with van der Waals surface area (Å²) in [6, 6.07) is 6.92. The highest BCUT2D eigenvalue weighted by atomic mass is 32.1. The van der Waals surface area contributed by atoms with Crippen LogP contribution in [0.15, 0.2) is 24.3 Å². The van der Waals surface area contributed by atoms with Crippen LogP contribution in [0.2, 0.25) is 0 Å². The molecule has 0 N–H and O–H groups in total. The van der Waals surface area contributed by atoms with Gasteiger partial charge in [0, 0.05) is 0 Å². The van der Waals surface area contributed by atoms with Crippen molar-refractivity contribution in [3.8, 4) is 5.06 Å². The molecule has 1 aromatic heterocycles. The average Bonchev–Trinajstić information content (AvgIpc) is 3.02. The number of carbonyl (C=O) groups is 1. The zero-order valence-electron chi connectivity index (χ0n) is 16.9. The molecule has 0 unspecified atom stereocenters. The van der Waals surface area contributed by atoms with E-state index in [1.54, 1.807) is 12.1 Å². The maximum Gasteiger partial charge on any atom is 0.344 e. The van der Waals surface area contributed by atoms with Crippen LogP contribution in [0.5, 0.6) is 5.06 Å². The molecule has 1 saturated carbocycles. The van der Waals surface area contributed by atoms with Gasteiger partial charge in [0.05, 0.1) is 5.56 Å². The third-order valence-corrected chi connectivity index (χ3v) is 6.75. The Balaban J connectivity index is 1.72. The first-order chi connectivity index (χ1) is 14.4. The summed E-state index contributed by atoms with van der Waals surface area (Å²) in [5, 5.41) is -2.14. The van der Waals surface area contributed by atoms with Gasteiger partial charge in [-0.3, -0.25) is 0 Å². The van der Waals surface area contributed by atoms with E-state index < -0.39 is 34.0 Å². The second-order valence-corrected chi connectivity index (χ2v) is 8.82. The van der Waals surface area contributed by atoms with Gasteiger partial charge in [0.25, 0.3) is 6.43 Å². The van der Waals surface area contributed by atoms with Crippen LogP contribution in [0, 0.1) is 16.9 Å². The van der Waals surface area contributed by atoms with Crippen LogP contribution in [-0.4, -0.2) is 5.97 Å². The molecular weight excluding hydrogens is 416 g/mol. The van der Waals surface area contributed by atoms with E-state index in [-0.39, 0.29) is 22.8 Å². The highest BCUT2D eigenvalue weighted by Crippen LogP contribution is 2.41. The molecule has 2 aromatic rings. The van der Waals surface area contributed by atoms with E-state index in [1.165, 1.54) is 25.7 Å². The molecule has 1 aliphatic rings. The first-order valence-corrected chi connectivity index (χ1v) is 11.3. The van der Waals surface area contributed by atoms with Crippen LogP contribution in [0.4, 0.5) is 17.6 Å². The number of hydrogen-bond donors (Lipinski definition) is 0. The summed E-state index contributed by atoms with van der Waals surface area (Å²) < 4.78 is 58.3. The van der Waals surface area contributed by atoms with E-state index in [4.69, 9.17) is 4.74 Å².